The summed E-state index contributed by atoms with van der Waals surface area (Å²) < 4.78 is 4.13. The van der Waals surface area contributed by atoms with Crippen molar-refractivity contribution < 1.29 is 34.4 Å². The Morgan fingerprint density at radius 2 is 1.75 bits per heavy atom. The standard InChI is InChI=1S/C9H14O7/c1-2-3-4-5(10)16-9(15)7(12)6(11)8(13)14/h6-7,11-12H,2-4H2,1H3,(H,13,14). The average Bonchev–Trinajstić information content (AvgIpc) is 2.23. The molecule has 0 aliphatic rings. The quantitative estimate of drug-likeness (QED) is 0.400. The third kappa shape index (κ3) is 4.85. The average molecular weight is 234 g/mol. The lowest BCUT2D eigenvalue weighted by Gasteiger charge is -2.11. The van der Waals surface area contributed by atoms with E-state index >= 15 is 0 Å². The molecule has 0 heterocycles. The highest BCUT2D eigenvalue weighted by Crippen LogP contribution is 2.01. The second-order valence-corrected chi connectivity index (χ2v) is 3.12. The third-order valence-electron chi connectivity index (χ3n) is 1.74. The van der Waals surface area contributed by atoms with E-state index in [2.05, 4.69) is 4.74 Å². The Hall–Kier alpha value is -1.47. The summed E-state index contributed by atoms with van der Waals surface area (Å²) >= 11 is 0. The van der Waals surface area contributed by atoms with Crippen LogP contribution in [0.25, 0.3) is 0 Å². The van der Waals surface area contributed by atoms with E-state index in [1.807, 2.05) is 6.92 Å². The summed E-state index contributed by atoms with van der Waals surface area (Å²) in [6.45, 7) is 1.83. The predicted octanol–water partition coefficient (Wildman–Crippen LogP) is -0.947. The number of unbranched alkanes of at least 4 members (excludes halogenated alkanes) is 1. The van der Waals surface area contributed by atoms with E-state index in [1.165, 1.54) is 0 Å². The minimum Gasteiger partial charge on any atom is -0.479 e. The van der Waals surface area contributed by atoms with Crippen LogP contribution in [0.15, 0.2) is 0 Å². The van der Waals surface area contributed by atoms with Crippen molar-refractivity contribution in [2.24, 2.45) is 0 Å². The fourth-order valence-electron chi connectivity index (χ4n) is 0.809. The highest BCUT2D eigenvalue weighted by atomic mass is 16.6. The maximum absolute atomic E-state index is 10.9. The molecular formula is C9H14O7. The molecule has 2 atom stereocenters. The molecule has 0 aromatic rings. The van der Waals surface area contributed by atoms with Gasteiger partial charge in [0, 0.05) is 6.42 Å². The van der Waals surface area contributed by atoms with E-state index in [1.54, 1.807) is 0 Å². The number of aliphatic hydroxyl groups excluding tert-OH is 2. The molecule has 0 bridgehead atoms. The molecule has 0 spiro atoms. The number of rotatable bonds is 6. The lowest BCUT2D eigenvalue weighted by molar-refractivity contribution is -0.175. The second-order valence-electron chi connectivity index (χ2n) is 3.12. The summed E-state index contributed by atoms with van der Waals surface area (Å²) in [5.41, 5.74) is 0. The lowest BCUT2D eigenvalue weighted by atomic mass is 10.2. The Kier molecular flexibility index (Phi) is 6.28. The first-order valence-corrected chi connectivity index (χ1v) is 4.73. The highest BCUT2D eigenvalue weighted by Gasteiger charge is 2.32. The van der Waals surface area contributed by atoms with Gasteiger partial charge in [-0.2, -0.15) is 0 Å². The SMILES string of the molecule is CCCCC(=O)OC(=O)C(O)C(O)C(=O)O. The molecule has 3 N–H and O–H groups in total. The van der Waals surface area contributed by atoms with Crippen LogP contribution in [0.4, 0.5) is 0 Å². The number of carbonyl (C=O) groups excluding carboxylic acids is 2. The van der Waals surface area contributed by atoms with E-state index in [-0.39, 0.29) is 6.42 Å². The molecule has 7 heteroatoms. The Morgan fingerprint density at radius 3 is 2.19 bits per heavy atom. The molecule has 92 valence electrons. The fraction of sp³-hybridized carbons (Fsp3) is 0.667. The number of carbonyl (C=O) groups is 3. The van der Waals surface area contributed by atoms with Crippen LogP contribution in [0.1, 0.15) is 26.2 Å². The molecule has 16 heavy (non-hydrogen) atoms. The van der Waals surface area contributed by atoms with Gasteiger partial charge in [-0.05, 0) is 6.42 Å². The van der Waals surface area contributed by atoms with Crippen LogP contribution in [0, 0.1) is 0 Å². The normalized spacial score (nSPS) is 13.9. The van der Waals surface area contributed by atoms with Crippen LogP contribution in [-0.4, -0.2) is 45.4 Å². The van der Waals surface area contributed by atoms with Gasteiger partial charge in [-0.25, -0.2) is 9.59 Å². The summed E-state index contributed by atoms with van der Waals surface area (Å²) in [5, 5.41) is 26.0. The van der Waals surface area contributed by atoms with Crippen molar-refractivity contribution in [3.63, 3.8) is 0 Å². The van der Waals surface area contributed by atoms with Crippen molar-refractivity contribution in [2.75, 3.05) is 0 Å². The van der Waals surface area contributed by atoms with Crippen molar-refractivity contribution in [3.8, 4) is 0 Å². The summed E-state index contributed by atoms with van der Waals surface area (Å²) in [7, 11) is 0. The van der Waals surface area contributed by atoms with E-state index in [0.29, 0.717) is 6.42 Å². The van der Waals surface area contributed by atoms with Crippen molar-refractivity contribution >= 4 is 17.9 Å². The molecule has 0 aromatic heterocycles. The number of hydrogen-bond donors (Lipinski definition) is 3. The lowest BCUT2D eigenvalue weighted by Crippen LogP contribution is -2.41. The Bertz CT molecular complexity index is 273. The molecule has 0 aliphatic heterocycles. The van der Waals surface area contributed by atoms with Crippen LogP contribution >= 0.6 is 0 Å². The maximum Gasteiger partial charge on any atom is 0.346 e. The van der Waals surface area contributed by atoms with Crippen LogP contribution in [0.3, 0.4) is 0 Å². The van der Waals surface area contributed by atoms with E-state index in [4.69, 9.17) is 15.3 Å². The zero-order valence-electron chi connectivity index (χ0n) is 8.75. The number of carboxylic acid groups (broad SMARTS) is 1. The predicted molar refractivity (Wildman–Crippen MR) is 50.3 cm³/mol. The zero-order chi connectivity index (χ0) is 12.7. The van der Waals surface area contributed by atoms with Crippen LogP contribution < -0.4 is 0 Å². The smallest absolute Gasteiger partial charge is 0.346 e. The molecule has 7 nitrogen and oxygen atoms in total. The number of carboxylic acids is 1. The van der Waals surface area contributed by atoms with E-state index in [0.717, 1.165) is 6.42 Å². The van der Waals surface area contributed by atoms with Gasteiger partial charge < -0.3 is 20.1 Å². The zero-order valence-corrected chi connectivity index (χ0v) is 8.75. The number of esters is 2. The topological polar surface area (TPSA) is 121 Å². The van der Waals surface area contributed by atoms with Gasteiger partial charge in [-0.3, -0.25) is 4.79 Å². The first-order chi connectivity index (χ1) is 7.40. The second kappa shape index (κ2) is 6.91. The fourth-order valence-corrected chi connectivity index (χ4v) is 0.809. The van der Waals surface area contributed by atoms with Gasteiger partial charge in [0.25, 0.3) is 0 Å². The van der Waals surface area contributed by atoms with Crippen molar-refractivity contribution in [2.45, 2.75) is 38.4 Å². The van der Waals surface area contributed by atoms with Gasteiger partial charge in [-0.15, -0.1) is 0 Å². The van der Waals surface area contributed by atoms with Crippen molar-refractivity contribution in [1.82, 2.24) is 0 Å². The molecular weight excluding hydrogens is 220 g/mol. The van der Waals surface area contributed by atoms with Gasteiger partial charge >= 0.3 is 17.9 Å². The van der Waals surface area contributed by atoms with Crippen LogP contribution in [0.2, 0.25) is 0 Å². The minimum absolute atomic E-state index is 0.00186. The van der Waals surface area contributed by atoms with Gasteiger partial charge in [0.05, 0.1) is 0 Å². The summed E-state index contributed by atoms with van der Waals surface area (Å²) in [4.78, 5) is 32.1. The van der Waals surface area contributed by atoms with E-state index in [9.17, 15) is 14.4 Å². The molecule has 0 aliphatic carbocycles. The number of ether oxygens (including phenoxy) is 1. The molecule has 0 aromatic carbocycles. The van der Waals surface area contributed by atoms with Gasteiger partial charge in [0.2, 0.25) is 0 Å². The molecule has 0 radical (unpaired) electrons. The van der Waals surface area contributed by atoms with Crippen LogP contribution in [0.5, 0.6) is 0 Å². The summed E-state index contributed by atoms with van der Waals surface area (Å²) in [5.74, 6) is -4.09. The first kappa shape index (κ1) is 14.5. The van der Waals surface area contributed by atoms with Gasteiger partial charge in [0.15, 0.2) is 12.2 Å². The number of aliphatic carboxylic acids is 1. The van der Waals surface area contributed by atoms with Crippen LogP contribution in [-0.2, 0) is 19.1 Å². The van der Waals surface area contributed by atoms with Crippen molar-refractivity contribution in [1.29, 1.82) is 0 Å². The minimum atomic E-state index is -2.30. The van der Waals surface area contributed by atoms with Gasteiger partial charge in [-0.1, -0.05) is 13.3 Å². The third-order valence-corrected chi connectivity index (χ3v) is 1.74. The largest absolute Gasteiger partial charge is 0.479 e. The summed E-state index contributed by atoms with van der Waals surface area (Å²) in [6, 6.07) is 0. The first-order valence-electron chi connectivity index (χ1n) is 4.73. The number of hydrogen-bond acceptors (Lipinski definition) is 6. The monoisotopic (exact) mass is 234 g/mol. The maximum atomic E-state index is 10.9. The Morgan fingerprint density at radius 1 is 1.19 bits per heavy atom. The molecule has 0 rings (SSSR count). The molecule has 0 saturated heterocycles. The molecule has 0 fully saturated rings. The Balaban J connectivity index is 4.15. The Labute approximate surface area is 91.6 Å². The molecule has 0 saturated carbocycles. The molecule has 0 amide bonds. The molecule has 2 unspecified atom stereocenters. The van der Waals surface area contributed by atoms with Gasteiger partial charge in [0.1, 0.15) is 0 Å². The number of aliphatic hydroxyl groups is 2. The van der Waals surface area contributed by atoms with E-state index < -0.39 is 30.1 Å². The highest BCUT2D eigenvalue weighted by molar-refractivity contribution is 5.91. The van der Waals surface area contributed by atoms with Crippen molar-refractivity contribution in [3.05, 3.63) is 0 Å². The summed E-state index contributed by atoms with van der Waals surface area (Å²) in [6.07, 6.45) is -3.32.